The first-order valence-electron chi connectivity index (χ1n) is 25.3. The standard InChI is InChI=1S/C54H95NO7/c1-6-8-10-12-14-16-18-20-22-24-25-26-27-28-29-31-32-34-36-38-40-42-44-52(56)61-49-50(48-60-47-46-51(54(58)59)55(3,4)5)62-53(57)45-43-41-39-37-35-33-30-23-21-19-17-15-13-11-9-7-2/h8,10,14,16,20,22-23,25-26,30,50-51H,6-7,9,11-13,15,17-19,21,24,27-29,31-49H2,1-5H3/p+1/b10-8+,16-14+,22-20+,26-25+,30-23+. The first-order valence-corrected chi connectivity index (χ1v) is 25.3. The van der Waals surface area contributed by atoms with Crippen molar-refractivity contribution in [2.45, 2.75) is 225 Å². The van der Waals surface area contributed by atoms with Crippen molar-refractivity contribution in [3.8, 4) is 0 Å². The Hall–Kier alpha value is -2.97. The van der Waals surface area contributed by atoms with Gasteiger partial charge in [-0.05, 0) is 77.0 Å². The van der Waals surface area contributed by atoms with Gasteiger partial charge >= 0.3 is 17.9 Å². The van der Waals surface area contributed by atoms with Crippen molar-refractivity contribution >= 4 is 17.9 Å². The monoisotopic (exact) mass is 871 g/mol. The van der Waals surface area contributed by atoms with E-state index in [4.69, 9.17) is 14.2 Å². The quantitative estimate of drug-likeness (QED) is 0.0282. The zero-order valence-corrected chi connectivity index (χ0v) is 40.8. The molecule has 0 spiro atoms. The maximum Gasteiger partial charge on any atom is 0.362 e. The van der Waals surface area contributed by atoms with Gasteiger partial charge in [0.2, 0.25) is 0 Å². The minimum atomic E-state index is -0.877. The van der Waals surface area contributed by atoms with Crippen molar-refractivity contribution in [1.29, 1.82) is 0 Å². The van der Waals surface area contributed by atoms with Crippen LogP contribution in [0, 0.1) is 0 Å². The van der Waals surface area contributed by atoms with Gasteiger partial charge in [-0.3, -0.25) is 9.59 Å². The van der Waals surface area contributed by atoms with Crippen molar-refractivity contribution in [2.24, 2.45) is 0 Å². The second-order valence-corrected chi connectivity index (χ2v) is 18.0. The number of esters is 2. The van der Waals surface area contributed by atoms with Crippen molar-refractivity contribution in [3.05, 3.63) is 60.8 Å². The average molecular weight is 871 g/mol. The summed E-state index contributed by atoms with van der Waals surface area (Å²) in [6.07, 6.45) is 55.5. The molecule has 0 aromatic carbocycles. The molecule has 62 heavy (non-hydrogen) atoms. The lowest BCUT2D eigenvalue weighted by Crippen LogP contribution is -2.50. The summed E-state index contributed by atoms with van der Waals surface area (Å²) < 4.78 is 17.3. The summed E-state index contributed by atoms with van der Waals surface area (Å²) in [6.45, 7) is 4.62. The molecule has 0 bridgehead atoms. The summed E-state index contributed by atoms with van der Waals surface area (Å²) in [5.41, 5.74) is 0. The lowest BCUT2D eigenvalue weighted by molar-refractivity contribution is -0.887. The van der Waals surface area contributed by atoms with Crippen LogP contribution in [0.5, 0.6) is 0 Å². The Kier molecular flexibility index (Phi) is 42.5. The highest BCUT2D eigenvalue weighted by atomic mass is 16.6. The number of quaternary nitrogens is 1. The molecule has 2 unspecified atom stereocenters. The van der Waals surface area contributed by atoms with Gasteiger partial charge in [-0.15, -0.1) is 0 Å². The summed E-state index contributed by atoms with van der Waals surface area (Å²) >= 11 is 0. The zero-order valence-electron chi connectivity index (χ0n) is 40.8. The fraction of sp³-hybridized carbons (Fsp3) is 0.759. The fourth-order valence-corrected chi connectivity index (χ4v) is 7.25. The van der Waals surface area contributed by atoms with Crippen LogP contribution < -0.4 is 0 Å². The highest BCUT2D eigenvalue weighted by molar-refractivity contribution is 5.72. The third-order valence-corrected chi connectivity index (χ3v) is 11.2. The van der Waals surface area contributed by atoms with Crippen LogP contribution in [0.2, 0.25) is 0 Å². The van der Waals surface area contributed by atoms with E-state index in [0.717, 1.165) is 83.5 Å². The lowest BCUT2D eigenvalue weighted by Gasteiger charge is -2.31. The van der Waals surface area contributed by atoms with Crippen LogP contribution in [0.1, 0.15) is 213 Å². The molecule has 0 aliphatic rings. The van der Waals surface area contributed by atoms with Gasteiger partial charge in [0.15, 0.2) is 12.1 Å². The van der Waals surface area contributed by atoms with Gasteiger partial charge in [-0.2, -0.15) is 0 Å². The Labute approximate surface area is 381 Å². The SMILES string of the molecule is CC/C=C/C/C=C/C/C=C/C/C=C/CCCCCCCCCCCC(=O)OCC(COCCC(C(=O)O)[N+](C)(C)C)OC(=O)CCCCCCC/C=C/CCCCCCCCC. The summed E-state index contributed by atoms with van der Waals surface area (Å²) in [5.74, 6) is -1.48. The van der Waals surface area contributed by atoms with E-state index in [-0.39, 0.29) is 36.2 Å². The van der Waals surface area contributed by atoms with E-state index < -0.39 is 18.1 Å². The van der Waals surface area contributed by atoms with Gasteiger partial charge in [-0.25, -0.2) is 4.79 Å². The minimum absolute atomic E-state index is 0.0550. The Morgan fingerprint density at radius 1 is 0.500 bits per heavy atom. The van der Waals surface area contributed by atoms with Gasteiger partial charge in [0.1, 0.15) is 6.61 Å². The van der Waals surface area contributed by atoms with Gasteiger partial charge < -0.3 is 23.8 Å². The topological polar surface area (TPSA) is 99.1 Å². The number of carbonyl (C=O) groups excluding carboxylic acids is 2. The van der Waals surface area contributed by atoms with Crippen molar-refractivity contribution in [1.82, 2.24) is 0 Å². The first-order chi connectivity index (χ1) is 30.1. The number of hydrogen-bond donors (Lipinski definition) is 1. The van der Waals surface area contributed by atoms with Gasteiger partial charge in [0, 0.05) is 19.3 Å². The first kappa shape index (κ1) is 59.0. The third-order valence-electron chi connectivity index (χ3n) is 11.2. The normalized spacial score (nSPS) is 13.4. The van der Waals surface area contributed by atoms with Crippen LogP contribution in [0.3, 0.4) is 0 Å². The molecule has 0 fully saturated rings. The number of aliphatic carboxylic acids is 1. The van der Waals surface area contributed by atoms with E-state index in [9.17, 15) is 19.5 Å². The molecule has 0 amide bonds. The molecule has 0 aliphatic heterocycles. The number of hydrogen-bond acceptors (Lipinski definition) is 6. The second-order valence-electron chi connectivity index (χ2n) is 18.0. The molecule has 8 nitrogen and oxygen atoms in total. The molecular weight excluding hydrogens is 775 g/mol. The molecule has 0 rings (SSSR count). The van der Waals surface area contributed by atoms with Crippen LogP contribution in [-0.4, -0.2) is 80.6 Å². The van der Waals surface area contributed by atoms with Crippen LogP contribution in [0.4, 0.5) is 0 Å². The summed E-state index contributed by atoms with van der Waals surface area (Å²) in [5, 5.41) is 9.65. The summed E-state index contributed by atoms with van der Waals surface area (Å²) in [6, 6.07) is -0.619. The Balaban J connectivity index is 4.26. The smallest absolute Gasteiger partial charge is 0.362 e. The molecule has 0 aromatic heterocycles. The van der Waals surface area contributed by atoms with Gasteiger partial charge in [-0.1, -0.05) is 177 Å². The summed E-state index contributed by atoms with van der Waals surface area (Å²) in [4.78, 5) is 37.1. The third kappa shape index (κ3) is 42.3. The highest BCUT2D eigenvalue weighted by Crippen LogP contribution is 2.15. The summed E-state index contributed by atoms with van der Waals surface area (Å²) in [7, 11) is 5.53. The lowest BCUT2D eigenvalue weighted by atomic mass is 10.1. The number of rotatable bonds is 45. The number of carbonyl (C=O) groups is 3. The van der Waals surface area contributed by atoms with E-state index >= 15 is 0 Å². The average Bonchev–Trinajstić information content (AvgIpc) is 3.23. The van der Waals surface area contributed by atoms with Crippen LogP contribution >= 0.6 is 0 Å². The number of likely N-dealkylation sites (N-methyl/N-ethyl adjacent to an activating group) is 1. The number of unbranched alkanes of at least 4 members (excludes halogenated alkanes) is 21. The maximum atomic E-state index is 12.8. The molecule has 2 atom stereocenters. The van der Waals surface area contributed by atoms with E-state index in [1.807, 2.05) is 21.1 Å². The van der Waals surface area contributed by atoms with Crippen molar-refractivity contribution in [3.63, 3.8) is 0 Å². The Bertz CT molecular complexity index is 1200. The predicted octanol–water partition coefficient (Wildman–Crippen LogP) is 14.5. The van der Waals surface area contributed by atoms with E-state index in [1.165, 1.54) is 96.3 Å². The van der Waals surface area contributed by atoms with E-state index in [2.05, 4.69) is 74.6 Å². The maximum absolute atomic E-state index is 12.8. The molecule has 0 heterocycles. The predicted molar refractivity (Wildman–Crippen MR) is 261 cm³/mol. The second kappa shape index (κ2) is 44.6. The molecule has 0 aliphatic carbocycles. The number of ether oxygens (including phenoxy) is 3. The minimum Gasteiger partial charge on any atom is -0.477 e. The molecule has 8 heteroatoms. The zero-order chi connectivity index (χ0) is 45.6. The number of carboxylic acids is 1. The fourth-order valence-electron chi connectivity index (χ4n) is 7.25. The van der Waals surface area contributed by atoms with E-state index in [0.29, 0.717) is 19.3 Å². The largest absolute Gasteiger partial charge is 0.477 e. The molecular formula is C54H96NO7+. The van der Waals surface area contributed by atoms with E-state index in [1.54, 1.807) is 0 Å². The number of allylic oxidation sites excluding steroid dienone is 10. The molecule has 0 saturated heterocycles. The number of nitrogens with zero attached hydrogens (tertiary/aromatic N) is 1. The Morgan fingerprint density at radius 2 is 0.903 bits per heavy atom. The number of carboxylic acid groups (broad SMARTS) is 1. The van der Waals surface area contributed by atoms with Crippen LogP contribution in [0.15, 0.2) is 60.8 Å². The molecule has 0 aromatic rings. The molecule has 1 N–H and O–H groups in total. The van der Waals surface area contributed by atoms with Crippen LogP contribution in [-0.2, 0) is 28.6 Å². The molecule has 0 saturated carbocycles. The Morgan fingerprint density at radius 3 is 1.35 bits per heavy atom. The van der Waals surface area contributed by atoms with Crippen LogP contribution in [0.25, 0.3) is 0 Å². The van der Waals surface area contributed by atoms with Crippen molar-refractivity contribution in [2.75, 3.05) is 41.0 Å². The van der Waals surface area contributed by atoms with Gasteiger partial charge in [0.25, 0.3) is 0 Å². The highest BCUT2D eigenvalue weighted by Gasteiger charge is 2.31. The molecule has 0 radical (unpaired) electrons. The van der Waals surface area contributed by atoms with Crippen molar-refractivity contribution < 1.29 is 38.2 Å². The molecule has 358 valence electrons. The van der Waals surface area contributed by atoms with Gasteiger partial charge in [0.05, 0.1) is 34.4 Å².